The van der Waals surface area contributed by atoms with Crippen LogP contribution in [0.4, 0.5) is 5.69 Å². The lowest BCUT2D eigenvalue weighted by atomic mass is 9.79. The molecule has 0 radical (unpaired) electrons. The second kappa shape index (κ2) is 6.51. The number of benzene rings is 1. The number of imidazole rings is 1. The number of aliphatic carboxylic acids is 1. The van der Waals surface area contributed by atoms with Gasteiger partial charge in [0.15, 0.2) is 0 Å². The smallest absolute Gasteiger partial charge is 0.328 e. The highest BCUT2D eigenvalue weighted by Gasteiger charge is 2.37. The van der Waals surface area contributed by atoms with E-state index in [4.69, 9.17) is 0 Å². The van der Waals surface area contributed by atoms with Crippen LogP contribution in [0.2, 0.25) is 0 Å². The maximum atomic E-state index is 12.3. The zero-order chi connectivity index (χ0) is 18.1. The van der Waals surface area contributed by atoms with Crippen LogP contribution in [0, 0.1) is 5.41 Å². The van der Waals surface area contributed by atoms with Gasteiger partial charge >= 0.3 is 11.7 Å². The molecule has 24 heavy (non-hydrogen) atoms. The lowest BCUT2D eigenvalue weighted by Gasteiger charge is -2.25. The Hall–Kier alpha value is -2.57. The minimum Gasteiger partial charge on any atom is -0.481 e. The first-order valence-corrected chi connectivity index (χ1v) is 7.94. The number of hydrogen-bond donors (Lipinski definition) is 2. The molecule has 1 aromatic heterocycles. The van der Waals surface area contributed by atoms with Crippen molar-refractivity contribution in [1.29, 1.82) is 0 Å². The number of aryl methyl sites for hydroxylation is 2. The van der Waals surface area contributed by atoms with Gasteiger partial charge in [0, 0.05) is 26.2 Å². The van der Waals surface area contributed by atoms with E-state index in [-0.39, 0.29) is 18.0 Å². The second-order valence-electron chi connectivity index (χ2n) is 6.12. The molecule has 0 bridgehead atoms. The fraction of sp³-hybridized carbons (Fsp3) is 0.471. The SMILES string of the molecule is CCC(CC)(CC(=O)Nc1ccc2c(c1)n(C)c(=O)n2C)C(=O)O. The summed E-state index contributed by atoms with van der Waals surface area (Å²) >= 11 is 0. The van der Waals surface area contributed by atoms with Gasteiger partial charge in [0.2, 0.25) is 5.91 Å². The molecule has 130 valence electrons. The Morgan fingerprint density at radius 3 is 2.25 bits per heavy atom. The third kappa shape index (κ3) is 2.93. The van der Waals surface area contributed by atoms with E-state index in [9.17, 15) is 19.5 Å². The number of amides is 1. The number of rotatable bonds is 6. The summed E-state index contributed by atoms with van der Waals surface area (Å²) in [6, 6.07) is 5.19. The second-order valence-corrected chi connectivity index (χ2v) is 6.12. The van der Waals surface area contributed by atoms with Gasteiger partial charge in [-0.05, 0) is 31.0 Å². The molecule has 1 amide bonds. The molecule has 1 aromatic carbocycles. The van der Waals surface area contributed by atoms with Gasteiger partial charge in [-0.15, -0.1) is 0 Å². The monoisotopic (exact) mass is 333 g/mol. The maximum Gasteiger partial charge on any atom is 0.328 e. The fourth-order valence-electron chi connectivity index (χ4n) is 2.98. The van der Waals surface area contributed by atoms with Crippen molar-refractivity contribution >= 4 is 28.6 Å². The zero-order valence-electron chi connectivity index (χ0n) is 14.4. The maximum absolute atomic E-state index is 12.3. The van der Waals surface area contributed by atoms with Crippen molar-refractivity contribution < 1.29 is 14.7 Å². The largest absolute Gasteiger partial charge is 0.481 e. The van der Waals surface area contributed by atoms with Crippen molar-refractivity contribution in [2.45, 2.75) is 33.1 Å². The van der Waals surface area contributed by atoms with E-state index >= 15 is 0 Å². The van der Waals surface area contributed by atoms with Crippen LogP contribution in [0.1, 0.15) is 33.1 Å². The molecule has 2 aromatic rings. The lowest BCUT2D eigenvalue weighted by molar-refractivity contribution is -0.151. The summed E-state index contributed by atoms with van der Waals surface area (Å²) in [4.78, 5) is 35.7. The van der Waals surface area contributed by atoms with Crippen molar-refractivity contribution in [2.75, 3.05) is 5.32 Å². The Labute approximate surface area is 139 Å². The average molecular weight is 333 g/mol. The average Bonchev–Trinajstić information content (AvgIpc) is 2.77. The number of aromatic nitrogens is 2. The molecule has 0 aliphatic heterocycles. The normalized spacial score (nSPS) is 11.7. The van der Waals surface area contributed by atoms with Crippen LogP contribution in [0.5, 0.6) is 0 Å². The highest BCUT2D eigenvalue weighted by molar-refractivity contribution is 5.95. The van der Waals surface area contributed by atoms with Crippen LogP contribution < -0.4 is 11.0 Å². The lowest BCUT2D eigenvalue weighted by Crippen LogP contribution is -2.34. The van der Waals surface area contributed by atoms with E-state index < -0.39 is 11.4 Å². The molecule has 0 saturated carbocycles. The first-order valence-electron chi connectivity index (χ1n) is 7.94. The van der Waals surface area contributed by atoms with E-state index in [1.54, 1.807) is 46.1 Å². The number of anilines is 1. The first-order chi connectivity index (χ1) is 11.3. The summed E-state index contributed by atoms with van der Waals surface area (Å²) in [5.41, 5.74) is 0.821. The van der Waals surface area contributed by atoms with Crippen molar-refractivity contribution in [1.82, 2.24) is 9.13 Å². The summed E-state index contributed by atoms with van der Waals surface area (Å²) in [6.07, 6.45) is 0.693. The van der Waals surface area contributed by atoms with E-state index in [0.29, 0.717) is 24.0 Å². The topological polar surface area (TPSA) is 93.3 Å². The minimum absolute atomic E-state index is 0.0823. The molecule has 1 heterocycles. The number of carboxylic acids is 1. The fourth-order valence-corrected chi connectivity index (χ4v) is 2.98. The molecule has 0 aliphatic rings. The van der Waals surface area contributed by atoms with Gasteiger partial charge in [0.25, 0.3) is 0 Å². The van der Waals surface area contributed by atoms with E-state index in [2.05, 4.69) is 5.32 Å². The highest BCUT2D eigenvalue weighted by atomic mass is 16.4. The van der Waals surface area contributed by atoms with Gasteiger partial charge < -0.3 is 10.4 Å². The Balaban J connectivity index is 2.26. The van der Waals surface area contributed by atoms with Crippen LogP contribution in [0.15, 0.2) is 23.0 Å². The number of nitrogens with zero attached hydrogens (tertiary/aromatic N) is 2. The number of carboxylic acid groups (broad SMARTS) is 1. The molecule has 0 atom stereocenters. The number of fused-ring (bicyclic) bond motifs is 1. The van der Waals surface area contributed by atoms with Crippen LogP contribution in [0.3, 0.4) is 0 Å². The summed E-state index contributed by atoms with van der Waals surface area (Å²) in [5.74, 6) is -1.30. The third-order valence-corrected chi connectivity index (χ3v) is 4.86. The van der Waals surface area contributed by atoms with Gasteiger partial charge in [0.05, 0.1) is 16.4 Å². The molecule has 0 aliphatic carbocycles. The van der Waals surface area contributed by atoms with Gasteiger partial charge in [-0.1, -0.05) is 13.8 Å². The molecular weight excluding hydrogens is 310 g/mol. The van der Waals surface area contributed by atoms with E-state index in [1.165, 1.54) is 9.13 Å². The van der Waals surface area contributed by atoms with Crippen LogP contribution in [0.25, 0.3) is 11.0 Å². The van der Waals surface area contributed by atoms with Gasteiger partial charge in [-0.2, -0.15) is 0 Å². The zero-order valence-corrected chi connectivity index (χ0v) is 14.4. The molecular formula is C17H23N3O4. The molecule has 2 N–H and O–H groups in total. The number of nitrogens with one attached hydrogen (secondary N) is 1. The summed E-state index contributed by atoms with van der Waals surface area (Å²) in [6.45, 7) is 3.55. The molecule has 0 fully saturated rings. The van der Waals surface area contributed by atoms with Crippen molar-refractivity contribution in [3.63, 3.8) is 0 Å². The van der Waals surface area contributed by atoms with Crippen molar-refractivity contribution in [3.8, 4) is 0 Å². The van der Waals surface area contributed by atoms with Gasteiger partial charge in [0.1, 0.15) is 0 Å². The molecule has 2 rings (SSSR count). The number of carbonyl (C=O) groups excluding carboxylic acids is 1. The summed E-state index contributed by atoms with van der Waals surface area (Å²) in [5, 5.41) is 12.2. The number of carbonyl (C=O) groups is 2. The molecule has 0 unspecified atom stereocenters. The summed E-state index contributed by atoms with van der Waals surface area (Å²) < 4.78 is 3.04. The molecule has 7 nitrogen and oxygen atoms in total. The first kappa shape index (κ1) is 17.8. The Morgan fingerprint density at radius 1 is 1.12 bits per heavy atom. The predicted octanol–water partition coefficient (Wildman–Crippen LogP) is 2.10. The van der Waals surface area contributed by atoms with E-state index in [0.717, 1.165) is 5.52 Å². The van der Waals surface area contributed by atoms with Crippen LogP contribution in [-0.2, 0) is 23.7 Å². The Kier molecular flexibility index (Phi) is 4.82. The van der Waals surface area contributed by atoms with Crippen molar-refractivity contribution in [3.05, 3.63) is 28.7 Å². The quantitative estimate of drug-likeness (QED) is 0.846. The van der Waals surface area contributed by atoms with Crippen LogP contribution >= 0.6 is 0 Å². The molecule has 0 spiro atoms. The Morgan fingerprint density at radius 2 is 1.71 bits per heavy atom. The molecule has 7 heteroatoms. The molecule has 0 saturated heterocycles. The third-order valence-electron chi connectivity index (χ3n) is 4.86. The summed E-state index contributed by atoms with van der Waals surface area (Å²) in [7, 11) is 3.35. The number of hydrogen-bond acceptors (Lipinski definition) is 3. The highest BCUT2D eigenvalue weighted by Crippen LogP contribution is 2.31. The standard InChI is InChI=1S/C17H23N3O4/c1-5-17(6-2,15(22)23)10-14(21)18-11-7-8-12-13(9-11)20(4)16(24)19(12)3/h7-9H,5-6,10H2,1-4H3,(H,18,21)(H,22,23). The minimum atomic E-state index is -1.05. The Bertz CT molecular complexity index is 843. The van der Waals surface area contributed by atoms with Gasteiger partial charge in [-0.3, -0.25) is 18.7 Å². The van der Waals surface area contributed by atoms with Crippen LogP contribution in [-0.4, -0.2) is 26.1 Å². The predicted molar refractivity (Wildman–Crippen MR) is 92.1 cm³/mol. The van der Waals surface area contributed by atoms with Crippen molar-refractivity contribution in [2.24, 2.45) is 19.5 Å². The van der Waals surface area contributed by atoms with Gasteiger partial charge in [-0.25, -0.2) is 4.79 Å². The van der Waals surface area contributed by atoms with E-state index in [1.807, 2.05) is 0 Å².